The number of nitrogens with zero attached hydrogens (tertiary/aromatic N) is 1. The lowest BCUT2D eigenvalue weighted by molar-refractivity contribution is 0.140. The third-order valence-electron chi connectivity index (χ3n) is 1.75. The van der Waals surface area contributed by atoms with Crippen molar-refractivity contribution in [1.82, 2.24) is 10.2 Å². The Morgan fingerprint density at radius 3 is 2.85 bits per heavy atom. The van der Waals surface area contributed by atoms with Crippen LogP contribution in [0.3, 0.4) is 0 Å². The summed E-state index contributed by atoms with van der Waals surface area (Å²) >= 11 is 0. The second-order valence-corrected chi connectivity index (χ2v) is 2.78. The fraction of sp³-hybridized carbons (Fsp3) is 0.625. The zero-order chi connectivity index (χ0) is 9.68. The number of alkyl halides is 2. The first-order valence-electron chi connectivity index (χ1n) is 4.16. The zero-order valence-electron chi connectivity index (χ0n) is 7.17. The molecule has 1 rings (SSSR count). The van der Waals surface area contributed by atoms with Gasteiger partial charge >= 0.3 is 6.03 Å². The minimum Gasteiger partial charge on any atom is -0.332 e. The molecule has 1 heterocycles. The first-order chi connectivity index (χ1) is 6.20. The maximum absolute atomic E-state index is 11.7. The fourth-order valence-electron chi connectivity index (χ4n) is 1.10. The van der Waals surface area contributed by atoms with Gasteiger partial charge in [0.05, 0.1) is 6.54 Å². The lowest BCUT2D eigenvalue weighted by atomic mass is 10.3. The molecule has 0 fully saturated rings. The predicted octanol–water partition coefficient (Wildman–Crippen LogP) is 1.22. The number of nitrogens with one attached hydrogen (secondary N) is 1. The van der Waals surface area contributed by atoms with Gasteiger partial charge < -0.3 is 10.2 Å². The number of hydrogen-bond acceptors (Lipinski definition) is 1. The quantitative estimate of drug-likeness (QED) is 0.652. The summed E-state index contributed by atoms with van der Waals surface area (Å²) < 4.78 is 23.4. The summed E-state index contributed by atoms with van der Waals surface area (Å²) in [5.41, 5.74) is 0. The highest BCUT2D eigenvalue weighted by Crippen LogP contribution is 2.01. The van der Waals surface area contributed by atoms with Crippen LogP contribution < -0.4 is 5.32 Å². The molecule has 5 heteroatoms. The Kier molecular flexibility index (Phi) is 3.67. The monoisotopic (exact) mass is 190 g/mol. The van der Waals surface area contributed by atoms with Crippen LogP contribution in [0.5, 0.6) is 0 Å². The third-order valence-corrected chi connectivity index (χ3v) is 1.75. The van der Waals surface area contributed by atoms with Gasteiger partial charge in [0.1, 0.15) is 0 Å². The van der Waals surface area contributed by atoms with Gasteiger partial charge in [-0.05, 0) is 6.42 Å². The molecule has 0 saturated heterocycles. The van der Waals surface area contributed by atoms with Gasteiger partial charge in [-0.25, -0.2) is 13.6 Å². The standard InChI is InChI=1S/C8H12F2N2O/c9-7(10)6-11-8(13)12-4-2-1-3-5-12/h1-2,7H,3-6H2,(H,11,13). The number of urea groups is 1. The molecule has 1 aliphatic heterocycles. The average molecular weight is 190 g/mol. The number of carbonyl (C=O) groups is 1. The molecule has 0 aromatic rings. The highest BCUT2D eigenvalue weighted by molar-refractivity contribution is 5.74. The van der Waals surface area contributed by atoms with Gasteiger partial charge in [-0.2, -0.15) is 0 Å². The zero-order valence-corrected chi connectivity index (χ0v) is 7.17. The van der Waals surface area contributed by atoms with Crippen LogP contribution in [-0.2, 0) is 0 Å². The van der Waals surface area contributed by atoms with Gasteiger partial charge in [-0.15, -0.1) is 0 Å². The van der Waals surface area contributed by atoms with Crippen LogP contribution in [-0.4, -0.2) is 37.0 Å². The Balaban J connectivity index is 2.26. The molecular formula is C8H12F2N2O. The fourth-order valence-corrected chi connectivity index (χ4v) is 1.10. The van der Waals surface area contributed by atoms with Crippen LogP contribution in [0.4, 0.5) is 13.6 Å². The summed E-state index contributed by atoms with van der Waals surface area (Å²) in [6.07, 6.45) is 2.13. The van der Waals surface area contributed by atoms with Gasteiger partial charge in [-0.3, -0.25) is 0 Å². The Hall–Kier alpha value is -1.13. The van der Waals surface area contributed by atoms with E-state index in [2.05, 4.69) is 5.32 Å². The van der Waals surface area contributed by atoms with E-state index in [0.717, 1.165) is 6.42 Å². The van der Waals surface area contributed by atoms with E-state index in [-0.39, 0.29) is 0 Å². The highest BCUT2D eigenvalue weighted by atomic mass is 19.3. The van der Waals surface area contributed by atoms with Crippen molar-refractivity contribution in [1.29, 1.82) is 0 Å². The molecule has 1 aliphatic rings. The van der Waals surface area contributed by atoms with E-state index in [9.17, 15) is 13.6 Å². The molecule has 0 saturated carbocycles. The number of halogens is 2. The Labute approximate surface area is 75.4 Å². The normalized spacial score (nSPS) is 16.4. The summed E-state index contributed by atoms with van der Waals surface area (Å²) in [4.78, 5) is 12.7. The van der Waals surface area contributed by atoms with E-state index in [4.69, 9.17) is 0 Å². The average Bonchev–Trinajstić information content (AvgIpc) is 2.15. The van der Waals surface area contributed by atoms with Gasteiger partial charge in [-0.1, -0.05) is 12.2 Å². The molecule has 0 atom stereocenters. The molecule has 2 amide bonds. The molecule has 0 aromatic heterocycles. The lowest BCUT2D eigenvalue weighted by Crippen LogP contribution is -2.43. The number of hydrogen-bond donors (Lipinski definition) is 1. The summed E-state index contributed by atoms with van der Waals surface area (Å²) in [7, 11) is 0. The number of carbonyl (C=O) groups excluding carboxylic acids is 1. The SMILES string of the molecule is O=C(NCC(F)F)N1CC=CCC1. The minimum absolute atomic E-state index is 0.412. The van der Waals surface area contributed by atoms with Crippen LogP contribution in [0, 0.1) is 0 Å². The largest absolute Gasteiger partial charge is 0.332 e. The van der Waals surface area contributed by atoms with Crippen LogP contribution in [0.25, 0.3) is 0 Å². The molecule has 1 N–H and O–H groups in total. The minimum atomic E-state index is -2.48. The van der Waals surface area contributed by atoms with Crippen molar-refractivity contribution in [2.24, 2.45) is 0 Å². The third kappa shape index (κ3) is 3.40. The number of amides is 2. The van der Waals surface area contributed by atoms with E-state index in [1.165, 1.54) is 4.90 Å². The topological polar surface area (TPSA) is 32.3 Å². The molecule has 13 heavy (non-hydrogen) atoms. The predicted molar refractivity (Wildman–Crippen MR) is 44.7 cm³/mol. The molecule has 0 spiro atoms. The molecule has 0 aliphatic carbocycles. The van der Waals surface area contributed by atoms with E-state index in [1.54, 1.807) is 0 Å². The maximum atomic E-state index is 11.7. The molecule has 0 aromatic carbocycles. The maximum Gasteiger partial charge on any atom is 0.317 e. The van der Waals surface area contributed by atoms with Gasteiger partial charge in [0.2, 0.25) is 0 Å². The van der Waals surface area contributed by atoms with Gasteiger partial charge in [0.15, 0.2) is 0 Å². The van der Waals surface area contributed by atoms with Crippen molar-refractivity contribution in [2.45, 2.75) is 12.8 Å². The Morgan fingerprint density at radius 2 is 2.31 bits per heavy atom. The summed E-state index contributed by atoms with van der Waals surface area (Å²) in [6, 6.07) is -0.412. The number of rotatable bonds is 2. The summed E-state index contributed by atoms with van der Waals surface area (Å²) in [5.74, 6) is 0. The summed E-state index contributed by atoms with van der Waals surface area (Å²) in [6.45, 7) is 0.541. The van der Waals surface area contributed by atoms with E-state index < -0.39 is 19.0 Å². The van der Waals surface area contributed by atoms with Crippen molar-refractivity contribution in [3.8, 4) is 0 Å². The van der Waals surface area contributed by atoms with E-state index >= 15 is 0 Å². The first-order valence-corrected chi connectivity index (χ1v) is 4.16. The van der Waals surface area contributed by atoms with Gasteiger partial charge in [0, 0.05) is 13.1 Å². The van der Waals surface area contributed by atoms with Crippen molar-refractivity contribution in [3.05, 3.63) is 12.2 Å². The van der Waals surface area contributed by atoms with Crippen molar-refractivity contribution >= 4 is 6.03 Å². The molecule has 3 nitrogen and oxygen atoms in total. The molecule has 0 unspecified atom stereocenters. The Morgan fingerprint density at radius 1 is 1.54 bits per heavy atom. The van der Waals surface area contributed by atoms with Crippen LogP contribution in [0.2, 0.25) is 0 Å². The van der Waals surface area contributed by atoms with Gasteiger partial charge in [0.25, 0.3) is 6.43 Å². The Bertz CT molecular complexity index is 206. The second-order valence-electron chi connectivity index (χ2n) is 2.78. The van der Waals surface area contributed by atoms with Crippen molar-refractivity contribution in [3.63, 3.8) is 0 Å². The highest BCUT2D eigenvalue weighted by Gasteiger charge is 2.14. The lowest BCUT2D eigenvalue weighted by Gasteiger charge is -2.23. The second kappa shape index (κ2) is 4.79. The molecule has 0 radical (unpaired) electrons. The molecular weight excluding hydrogens is 178 g/mol. The summed E-state index contributed by atoms with van der Waals surface area (Å²) in [5, 5.41) is 2.15. The van der Waals surface area contributed by atoms with Crippen LogP contribution in [0.15, 0.2) is 12.2 Å². The van der Waals surface area contributed by atoms with Crippen molar-refractivity contribution in [2.75, 3.05) is 19.6 Å². The molecule has 0 bridgehead atoms. The smallest absolute Gasteiger partial charge is 0.317 e. The van der Waals surface area contributed by atoms with Crippen LogP contribution in [0.1, 0.15) is 6.42 Å². The molecule has 74 valence electrons. The first kappa shape index (κ1) is 9.95. The van der Waals surface area contributed by atoms with E-state index in [0.29, 0.717) is 13.1 Å². The van der Waals surface area contributed by atoms with Crippen molar-refractivity contribution < 1.29 is 13.6 Å². The van der Waals surface area contributed by atoms with E-state index in [1.807, 2.05) is 12.2 Å². The van der Waals surface area contributed by atoms with Crippen LogP contribution >= 0.6 is 0 Å².